The van der Waals surface area contributed by atoms with Crippen LogP contribution in [0.3, 0.4) is 0 Å². The molecule has 0 radical (unpaired) electrons. The average Bonchev–Trinajstić information content (AvgIpc) is 3.30. The number of nitrogens with zero attached hydrogens (tertiary/aromatic N) is 2. The van der Waals surface area contributed by atoms with Crippen molar-refractivity contribution >= 4 is 35.8 Å². The zero-order valence-corrected chi connectivity index (χ0v) is 18.5. The van der Waals surface area contributed by atoms with Crippen LogP contribution in [0.2, 0.25) is 0 Å². The smallest absolute Gasteiger partial charge is 0.222 e. The fraction of sp³-hybridized carbons (Fsp3) is 0.600. The third-order valence-corrected chi connectivity index (χ3v) is 5.38. The van der Waals surface area contributed by atoms with E-state index in [4.69, 9.17) is 4.99 Å². The zero-order valence-electron chi connectivity index (χ0n) is 16.1. The summed E-state index contributed by atoms with van der Waals surface area (Å²) in [6, 6.07) is 7.05. The Morgan fingerprint density at radius 1 is 1.30 bits per heavy atom. The van der Waals surface area contributed by atoms with E-state index in [2.05, 4.69) is 10.6 Å². The molecule has 27 heavy (non-hydrogen) atoms. The van der Waals surface area contributed by atoms with Crippen LogP contribution in [-0.2, 0) is 10.2 Å². The van der Waals surface area contributed by atoms with E-state index in [1.165, 1.54) is 17.7 Å². The van der Waals surface area contributed by atoms with Crippen LogP contribution in [0, 0.1) is 5.82 Å². The number of hydrogen-bond donors (Lipinski definition) is 2. The van der Waals surface area contributed by atoms with Gasteiger partial charge in [-0.15, -0.1) is 24.0 Å². The van der Waals surface area contributed by atoms with Gasteiger partial charge in [0.2, 0.25) is 5.91 Å². The molecule has 1 aromatic carbocycles. The van der Waals surface area contributed by atoms with Gasteiger partial charge in [-0.05, 0) is 43.9 Å². The van der Waals surface area contributed by atoms with E-state index in [0.29, 0.717) is 13.0 Å². The molecule has 0 bridgehead atoms. The Morgan fingerprint density at radius 3 is 2.59 bits per heavy atom. The zero-order chi connectivity index (χ0) is 18.6. The number of rotatable bonds is 6. The first-order valence-corrected chi connectivity index (χ1v) is 9.65. The van der Waals surface area contributed by atoms with E-state index >= 15 is 0 Å². The maximum absolute atomic E-state index is 13.2. The number of carbonyl (C=O) groups excluding carboxylic acids is 1. The predicted octanol–water partition coefficient (Wildman–Crippen LogP) is 3.04. The van der Waals surface area contributed by atoms with E-state index in [1.54, 1.807) is 0 Å². The van der Waals surface area contributed by atoms with Crippen LogP contribution >= 0.6 is 24.0 Å². The average molecular weight is 488 g/mol. The van der Waals surface area contributed by atoms with Crippen molar-refractivity contribution in [1.29, 1.82) is 0 Å². The monoisotopic (exact) mass is 488 g/mol. The van der Waals surface area contributed by atoms with Crippen molar-refractivity contribution in [3.8, 4) is 0 Å². The van der Waals surface area contributed by atoms with E-state index in [0.717, 1.165) is 44.9 Å². The molecule has 2 fully saturated rings. The van der Waals surface area contributed by atoms with Gasteiger partial charge in [0.1, 0.15) is 5.82 Å². The first-order valence-electron chi connectivity index (χ1n) is 9.65. The molecule has 1 saturated heterocycles. The standard InChI is InChI=1S/C20H29FN4O.HI/c1-3-18(26)25-12-9-17(13-25)24-19(22-4-2)23-14-20(10-11-20)15-5-7-16(21)8-6-15;/h5-8,17H,3-4,9-14H2,1-2H3,(H2,22,23,24);1H. The van der Waals surface area contributed by atoms with Gasteiger partial charge in [-0.2, -0.15) is 0 Å². The highest BCUT2D eigenvalue weighted by atomic mass is 127. The van der Waals surface area contributed by atoms with Crippen LogP contribution in [0.25, 0.3) is 0 Å². The van der Waals surface area contributed by atoms with Gasteiger partial charge in [-0.1, -0.05) is 19.1 Å². The van der Waals surface area contributed by atoms with Crippen LogP contribution < -0.4 is 10.6 Å². The predicted molar refractivity (Wildman–Crippen MR) is 117 cm³/mol. The molecule has 0 spiro atoms. The SMILES string of the molecule is CCNC(=NCC1(c2ccc(F)cc2)CC1)NC1CCN(C(=O)CC)C1.I. The van der Waals surface area contributed by atoms with Gasteiger partial charge < -0.3 is 15.5 Å². The lowest BCUT2D eigenvalue weighted by atomic mass is 9.96. The molecule has 1 unspecified atom stereocenters. The number of nitrogens with one attached hydrogen (secondary N) is 2. The Kier molecular flexibility index (Phi) is 7.88. The quantitative estimate of drug-likeness (QED) is 0.368. The summed E-state index contributed by atoms with van der Waals surface area (Å²) in [5, 5.41) is 6.78. The van der Waals surface area contributed by atoms with Crippen molar-refractivity contribution in [2.75, 3.05) is 26.2 Å². The van der Waals surface area contributed by atoms with Gasteiger partial charge in [-0.25, -0.2) is 4.39 Å². The maximum atomic E-state index is 13.2. The van der Waals surface area contributed by atoms with Crippen molar-refractivity contribution in [3.05, 3.63) is 35.6 Å². The van der Waals surface area contributed by atoms with Crippen LogP contribution in [0.4, 0.5) is 4.39 Å². The van der Waals surface area contributed by atoms with Gasteiger partial charge in [0.05, 0.1) is 6.54 Å². The van der Waals surface area contributed by atoms with Crippen molar-refractivity contribution < 1.29 is 9.18 Å². The molecule has 7 heteroatoms. The number of amides is 1. The lowest BCUT2D eigenvalue weighted by Gasteiger charge is -2.20. The van der Waals surface area contributed by atoms with Crippen LogP contribution in [0.15, 0.2) is 29.3 Å². The third-order valence-electron chi connectivity index (χ3n) is 5.38. The van der Waals surface area contributed by atoms with Crippen LogP contribution in [0.1, 0.15) is 45.1 Å². The molecule has 2 N–H and O–H groups in total. The summed E-state index contributed by atoms with van der Waals surface area (Å²) in [7, 11) is 0. The molecular formula is C20H30FIN4O. The third kappa shape index (κ3) is 5.56. The molecule has 0 aromatic heterocycles. The molecule has 1 amide bonds. The summed E-state index contributed by atoms with van der Waals surface area (Å²) in [5.74, 6) is 0.816. The van der Waals surface area contributed by atoms with Crippen molar-refractivity contribution in [3.63, 3.8) is 0 Å². The van der Waals surface area contributed by atoms with E-state index in [1.807, 2.05) is 30.9 Å². The highest BCUT2D eigenvalue weighted by Gasteiger charge is 2.44. The molecule has 1 aliphatic carbocycles. The van der Waals surface area contributed by atoms with E-state index < -0.39 is 0 Å². The van der Waals surface area contributed by atoms with Crippen molar-refractivity contribution in [1.82, 2.24) is 15.5 Å². The maximum Gasteiger partial charge on any atom is 0.222 e. The number of hydrogen-bond acceptors (Lipinski definition) is 2. The van der Waals surface area contributed by atoms with Gasteiger partial charge >= 0.3 is 0 Å². The topological polar surface area (TPSA) is 56.7 Å². The number of aliphatic imine (C=N–C) groups is 1. The second-order valence-electron chi connectivity index (χ2n) is 7.31. The largest absolute Gasteiger partial charge is 0.357 e. The van der Waals surface area contributed by atoms with Gasteiger partial charge in [-0.3, -0.25) is 9.79 Å². The van der Waals surface area contributed by atoms with Gasteiger partial charge in [0.25, 0.3) is 0 Å². The Balaban J connectivity index is 0.00000261. The lowest BCUT2D eigenvalue weighted by molar-refractivity contribution is -0.129. The van der Waals surface area contributed by atoms with Crippen LogP contribution in [-0.4, -0.2) is 49.0 Å². The second kappa shape index (κ2) is 9.71. The minimum absolute atomic E-state index is 0. The lowest BCUT2D eigenvalue weighted by Crippen LogP contribution is -2.45. The Bertz CT molecular complexity index is 660. The van der Waals surface area contributed by atoms with Gasteiger partial charge in [0.15, 0.2) is 5.96 Å². The molecule has 1 aliphatic heterocycles. The minimum Gasteiger partial charge on any atom is -0.357 e. The number of likely N-dealkylation sites (tertiary alicyclic amines) is 1. The molecular weight excluding hydrogens is 458 g/mol. The Hall–Kier alpha value is -1.38. The van der Waals surface area contributed by atoms with E-state index in [-0.39, 0.29) is 47.2 Å². The molecule has 1 saturated carbocycles. The first-order chi connectivity index (χ1) is 12.6. The fourth-order valence-electron chi connectivity index (χ4n) is 3.56. The number of halogens is 2. The summed E-state index contributed by atoms with van der Waals surface area (Å²) in [6.07, 6.45) is 3.67. The van der Waals surface area contributed by atoms with E-state index in [9.17, 15) is 9.18 Å². The molecule has 1 atom stereocenters. The summed E-state index contributed by atoms with van der Waals surface area (Å²) in [6.45, 7) is 6.98. The molecule has 150 valence electrons. The number of carbonyl (C=O) groups is 1. The molecule has 5 nitrogen and oxygen atoms in total. The fourth-order valence-corrected chi connectivity index (χ4v) is 3.56. The number of benzene rings is 1. The molecule has 2 aliphatic rings. The number of guanidine groups is 1. The Labute approximate surface area is 178 Å². The summed E-state index contributed by atoms with van der Waals surface area (Å²) in [4.78, 5) is 18.6. The highest BCUT2D eigenvalue weighted by Crippen LogP contribution is 2.48. The normalized spacial score (nSPS) is 20.8. The van der Waals surface area contributed by atoms with Gasteiger partial charge in [0, 0.05) is 37.5 Å². The summed E-state index contributed by atoms with van der Waals surface area (Å²) < 4.78 is 13.2. The van der Waals surface area contributed by atoms with Crippen LogP contribution in [0.5, 0.6) is 0 Å². The summed E-state index contributed by atoms with van der Waals surface area (Å²) >= 11 is 0. The van der Waals surface area contributed by atoms with Crippen molar-refractivity contribution in [2.45, 2.75) is 51.0 Å². The van der Waals surface area contributed by atoms with Crippen molar-refractivity contribution in [2.24, 2.45) is 4.99 Å². The summed E-state index contributed by atoms with van der Waals surface area (Å²) in [5.41, 5.74) is 1.22. The molecule has 3 rings (SSSR count). The Morgan fingerprint density at radius 2 is 2.00 bits per heavy atom. The minimum atomic E-state index is -0.199. The second-order valence-corrected chi connectivity index (χ2v) is 7.31. The molecule has 1 heterocycles. The highest BCUT2D eigenvalue weighted by molar-refractivity contribution is 14.0. The molecule has 1 aromatic rings. The first kappa shape index (κ1) is 21.9.